The Kier molecular flexibility index (Phi) is 5.17. The molecule has 0 fully saturated rings. The van der Waals surface area contributed by atoms with Crippen LogP contribution in [0.1, 0.15) is 36.4 Å². The lowest BCUT2D eigenvalue weighted by Crippen LogP contribution is -2.41. The minimum absolute atomic E-state index is 0.0972. The number of likely N-dealkylation sites (N-methyl/N-ethyl adjacent to an activating group) is 1. The number of carbonyl (C=O) groups is 1. The second kappa shape index (κ2) is 7.39. The zero-order chi connectivity index (χ0) is 19.6. The number of benzene rings is 2. The zero-order valence-corrected chi connectivity index (χ0v) is 16.7. The van der Waals surface area contributed by atoms with Crippen molar-refractivity contribution in [3.05, 3.63) is 83.2 Å². The van der Waals surface area contributed by atoms with Gasteiger partial charge in [0.25, 0.3) is 0 Å². The van der Waals surface area contributed by atoms with Crippen LogP contribution in [0.4, 0.5) is 0 Å². The number of nitrogens with zero attached hydrogens (tertiary/aromatic N) is 3. The number of hydrogen-bond acceptors (Lipinski definition) is 2. The highest BCUT2D eigenvalue weighted by molar-refractivity contribution is 5.87. The molecule has 0 saturated carbocycles. The number of aryl methyl sites for hydroxylation is 1. The van der Waals surface area contributed by atoms with Crippen LogP contribution in [0.5, 0.6) is 0 Å². The summed E-state index contributed by atoms with van der Waals surface area (Å²) in [6.45, 7) is 8.56. The third-order valence-corrected chi connectivity index (χ3v) is 5.21. The summed E-state index contributed by atoms with van der Waals surface area (Å²) in [4.78, 5) is 15.0. The van der Waals surface area contributed by atoms with Crippen LogP contribution in [0.3, 0.4) is 0 Å². The maximum Gasteiger partial charge on any atom is 0.232 e. The Bertz CT molecular complexity index is 927. The van der Waals surface area contributed by atoms with Crippen molar-refractivity contribution in [2.24, 2.45) is 0 Å². The summed E-state index contributed by atoms with van der Waals surface area (Å²) in [5.74, 6) is 0.0972. The minimum atomic E-state index is -0.576. The number of aromatic nitrogens is 2. The van der Waals surface area contributed by atoms with Crippen LogP contribution in [-0.4, -0.2) is 27.6 Å². The van der Waals surface area contributed by atoms with Crippen molar-refractivity contribution < 1.29 is 4.79 Å². The van der Waals surface area contributed by atoms with Gasteiger partial charge in [0.15, 0.2) is 0 Å². The highest BCUT2D eigenvalue weighted by atomic mass is 16.2. The maximum atomic E-state index is 13.2. The molecule has 1 heterocycles. The van der Waals surface area contributed by atoms with Gasteiger partial charge in [0.05, 0.1) is 16.8 Å². The fourth-order valence-electron chi connectivity index (χ4n) is 3.49. The van der Waals surface area contributed by atoms with Gasteiger partial charge in [-0.1, -0.05) is 48.5 Å². The van der Waals surface area contributed by atoms with Gasteiger partial charge in [-0.3, -0.25) is 4.79 Å². The van der Waals surface area contributed by atoms with E-state index < -0.39 is 5.41 Å². The van der Waals surface area contributed by atoms with Gasteiger partial charge in [-0.15, -0.1) is 0 Å². The molecule has 2 aromatic carbocycles. The first kappa shape index (κ1) is 18.9. The number of rotatable bonds is 5. The molecule has 1 aromatic heterocycles. The van der Waals surface area contributed by atoms with Crippen molar-refractivity contribution in [2.45, 2.75) is 39.7 Å². The molecule has 27 heavy (non-hydrogen) atoms. The normalized spacial score (nSPS) is 11.4. The van der Waals surface area contributed by atoms with Crippen LogP contribution in [0.15, 0.2) is 60.7 Å². The number of para-hydroxylation sites is 1. The first-order valence-electron chi connectivity index (χ1n) is 9.24. The number of carbonyl (C=O) groups excluding carboxylic acids is 1. The van der Waals surface area contributed by atoms with Crippen LogP contribution in [0.2, 0.25) is 0 Å². The molecule has 0 aliphatic rings. The fourth-order valence-corrected chi connectivity index (χ4v) is 3.49. The first-order chi connectivity index (χ1) is 12.8. The quantitative estimate of drug-likeness (QED) is 0.674. The number of hydrogen-bond donors (Lipinski definition) is 0. The molecule has 0 unspecified atom stereocenters. The van der Waals surface area contributed by atoms with Gasteiger partial charge >= 0.3 is 0 Å². The lowest BCUT2D eigenvalue weighted by molar-refractivity contribution is -0.135. The van der Waals surface area contributed by atoms with Crippen molar-refractivity contribution in [1.29, 1.82) is 0 Å². The van der Waals surface area contributed by atoms with E-state index in [0.717, 1.165) is 28.2 Å². The van der Waals surface area contributed by atoms with Gasteiger partial charge in [0, 0.05) is 24.8 Å². The third-order valence-electron chi connectivity index (χ3n) is 5.21. The molecule has 0 N–H and O–H groups in total. The van der Waals surface area contributed by atoms with E-state index in [1.54, 1.807) is 4.90 Å². The predicted molar refractivity (Wildman–Crippen MR) is 109 cm³/mol. The van der Waals surface area contributed by atoms with Crippen molar-refractivity contribution in [3.63, 3.8) is 0 Å². The molecule has 140 valence electrons. The van der Waals surface area contributed by atoms with Crippen molar-refractivity contribution >= 4 is 5.91 Å². The van der Waals surface area contributed by atoms with Gasteiger partial charge in [0.1, 0.15) is 0 Å². The standard InChI is InChI=1S/C23H27N3O/c1-17-21(18(2)26(24-17)20-14-10-7-11-15-20)16-25(5)22(27)23(3,4)19-12-8-6-9-13-19/h6-15H,16H2,1-5H3. The fraction of sp³-hybridized carbons (Fsp3) is 0.304. The van der Waals surface area contributed by atoms with Gasteiger partial charge in [-0.05, 0) is 45.4 Å². The van der Waals surface area contributed by atoms with Crippen LogP contribution >= 0.6 is 0 Å². The highest BCUT2D eigenvalue weighted by Gasteiger charge is 2.32. The number of amides is 1. The van der Waals surface area contributed by atoms with E-state index in [9.17, 15) is 4.79 Å². The molecule has 0 saturated heterocycles. The molecular weight excluding hydrogens is 334 g/mol. The first-order valence-corrected chi connectivity index (χ1v) is 9.24. The van der Waals surface area contributed by atoms with E-state index in [1.807, 2.05) is 93.2 Å². The van der Waals surface area contributed by atoms with E-state index in [2.05, 4.69) is 6.92 Å². The molecule has 0 spiro atoms. The summed E-state index contributed by atoms with van der Waals surface area (Å²) in [5.41, 5.74) is 4.59. The molecular formula is C23H27N3O. The Hall–Kier alpha value is -2.88. The molecule has 0 bridgehead atoms. The van der Waals surface area contributed by atoms with Gasteiger partial charge in [0.2, 0.25) is 5.91 Å². The second-order valence-electron chi connectivity index (χ2n) is 7.55. The smallest absolute Gasteiger partial charge is 0.232 e. The summed E-state index contributed by atoms with van der Waals surface area (Å²) < 4.78 is 1.95. The summed E-state index contributed by atoms with van der Waals surface area (Å²) in [5, 5.41) is 4.69. The van der Waals surface area contributed by atoms with E-state index in [4.69, 9.17) is 5.10 Å². The summed E-state index contributed by atoms with van der Waals surface area (Å²) in [6, 6.07) is 20.0. The maximum absolute atomic E-state index is 13.2. The average Bonchev–Trinajstić information content (AvgIpc) is 2.97. The highest BCUT2D eigenvalue weighted by Crippen LogP contribution is 2.27. The molecule has 0 aliphatic carbocycles. The average molecular weight is 361 g/mol. The van der Waals surface area contributed by atoms with Gasteiger partial charge in [-0.2, -0.15) is 5.10 Å². The van der Waals surface area contributed by atoms with Crippen LogP contribution in [-0.2, 0) is 16.8 Å². The van der Waals surface area contributed by atoms with Gasteiger partial charge < -0.3 is 4.90 Å². The van der Waals surface area contributed by atoms with Crippen molar-refractivity contribution in [3.8, 4) is 5.69 Å². The second-order valence-corrected chi connectivity index (χ2v) is 7.55. The van der Waals surface area contributed by atoms with Gasteiger partial charge in [-0.25, -0.2) is 4.68 Å². The van der Waals surface area contributed by atoms with E-state index in [1.165, 1.54) is 0 Å². The Morgan fingerprint density at radius 2 is 1.56 bits per heavy atom. The lowest BCUT2D eigenvalue weighted by atomic mass is 9.83. The third kappa shape index (κ3) is 3.65. The molecule has 4 nitrogen and oxygen atoms in total. The predicted octanol–water partition coefficient (Wildman–Crippen LogP) is 4.43. The molecule has 3 rings (SSSR count). The van der Waals surface area contributed by atoms with Crippen molar-refractivity contribution in [1.82, 2.24) is 14.7 Å². The van der Waals surface area contributed by atoms with E-state index >= 15 is 0 Å². The summed E-state index contributed by atoms with van der Waals surface area (Å²) >= 11 is 0. The zero-order valence-electron chi connectivity index (χ0n) is 16.7. The molecule has 0 aliphatic heterocycles. The van der Waals surface area contributed by atoms with Crippen molar-refractivity contribution in [2.75, 3.05) is 7.05 Å². The Balaban J connectivity index is 1.85. The monoisotopic (exact) mass is 361 g/mol. The molecule has 3 aromatic rings. The van der Waals surface area contributed by atoms with E-state index in [-0.39, 0.29) is 5.91 Å². The Labute approximate surface area is 161 Å². The Morgan fingerprint density at radius 1 is 1.00 bits per heavy atom. The van der Waals surface area contributed by atoms with Crippen LogP contribution in [0.25, 0.3) is 5.69 Å². The largest absolute Gasteiger partial charge is 0.341 e. The molecule has 0 atom stereocenters. The van der Waals surface area contributed by atoms with E-state index in [0.29, 0.717) is 6.54 Å². The minimum Gasteiger partial charge on any atom is -0.341 e. The Morgan fingerprint density at radius 3 is 2.15 bits per heavy atom. The topological polar surface area (TPSA) is 38.1 Å². The molecule has 0 radical (unpaired) electrons. The molecule has 4 heteroatoms. The molecule has 1 amide bonds. The summed E-state index contributed by atoms with van der Waals surface area (Å²) in [7, 11) is 1.87. The summed E-state index contributed by atoms with van der Waals surface area (Å²) in [6.07, 6.45) is 0. The lowest BCUT2D eigenvalue weighted by Gasteiger charge is -2.30. The van der Waals surface area contributed by atoms with Crippen LogP contribution in [0, 0.1) is 13.8 Å². The van der Waals surface area contributed by atoms with Crippen LogP contribution < -0.4 is 0 Å². The SMILES string of the molecule is Cc1nn(-c2ccccc2)c(C)c1CN(C)C(=O)C(C)(C)c1ccccc1.